The van der Waals surface area contributed by atoms with E-state index < -0.39 is 0 Å². The van der Waals surface area contributed by atoms with Crippen LogP contribution in [0.4, 0.5) is 0 Å². The highest BCUT2D eigenvalue weighted by Crippen LogP contribution is 2.40. The number of amides is 1. The SMILES string of the molecule is CN(C)C(=O)c1sc2ncccc2c1[C@H]1CCN(Cc2ccnn2C)C1. The summed E-state index contributed by atoms with van der Waals surface area (Å²) in [7, 11) is 5.61. The molecule has 0 aliphatic carbocycles. The molecule has 0 radical (unpaired) electrons. The van der Waals surface area contributed by atoms with E-state index in [2.05, 4.69) is 27.1 Å². The number of aryl methyl sites for hydroxylation is 1. The van der Waals surface area contributed by atoms with Gasteiger partial charge in [0.1, 0.15) is 4.83 Å². The van der Waals surface area contributed by atoms with Crippen LogP contribution in [0.5, 0.6) is 0 Å². The van der Waals surface area contributed by atoms with Crippen LogP contribution in [0.1, 0.15) is 33.3 Å². The van der Waals surface area contributed by atoms with E-state index in [0.29, 0.717) is 5.92 Å². The van der Waals surface area contributed by atoms with Gasteiger partial charge in [0.2, 0.25) is 0 Å². The molecule has 3 aromatic heterocycles. The Labute approximate surface area is 157 Å². The average molecular weight is 369 g/mol. The third kappa shape index (κ3) is 3.01. The van der Waals surface area contributed by atoms with Gasteiger partial charge in [0.05, 0.1) is 10.6 Å². The van der Waals surface area contributed by atoms with E-state index in [1.807, 2.05) is 38.1 Å². The molecule has 1 amide bonds. The Morgan fingerprint density at radius 1 is 1.35 bits per heavy atom. The first-order chi connectivity index (χ1) is 12.5. The highest BCUT2D eigenvalue weighted by atomic mass is 32.1. The highest BCUT2D eigenvalue weighted by Gasteiger charge is 2.31. The molecule has 1 aliphatic heterocycles. The number of carbonyl (C=O) groups excluding carboxylic acids is 1. The van der Waals surface area contributed by atoms with Crippen LogP contribution in [-0.2, 0) is 13.6 Å². The third-order valence-corrected chi connectivity index (χ3v) is 6.21. The van der Waals surface area contributed by atoms with Crippen molar-refractivity contribution >= 4 is 27.5 Å². The minimum absolute atomic E-state index is 0.0769. The fourth-order valence-corrected chi connectivity index (χ4v) is 4.97. The summed E-state index contributed by atoms with van der Waals surface area (Å²) in [6, 6.07) is 6.13. The predicted molar refractivity (Wildman–Crippen MR) is 103 cm³/mol. The Morgan fingerprint density at radius 3 is 2.92 bits per heavy atom. The van der Waals surface area contributed by atoms with E-state index in [1.165, 1.54) is 22.6 Å². The summed E-state index contributed by atoms with van der Waals surface area (Å²) in [4.78, 5) is 23.2. The number of carbonyl (C=O) groups is 1. The molecule has 1 fully saturated rings. The van der Waals surface area contributed by atoms with Crippen molar-refractivity contribution in [1.82, 2.24) is 24.6 Å². The molecule has 0 bridgehead atoms. The summed E-state index contributed by atoms with van der Waals surface area (Å²) in [6.07, 6.45) is 4.71. The second-order valence-electron chi connectivity index (χ2n) is 7.07. The molecule has 136 valence electrons. The Balaban J connectivity index is 1.65. The van der Waals surface area contributed by atoms with Gasteiger partial charge < -0.3 is 4.90 Å². The molecule has 0 aromatic carbocycles. The van der Waals surface area contributed by atoms with E-state index in [-0.39, 0.29) is 5.91 Å². The lowest BCUT2D eigenvalue weighted by Gasteiger charge is -2.17. The standard InChI is InChI=1S/C19H23N5OS/c1-22(2)19(25)17-16(15-5-4-8-20-18(15)26-17)13-7-10-24(11-13)12-14-6-9-21-23(14)3/h4-6,8-9,13H,7,10-12H2,1-3H3/t13-/m0/s1. The molecule has 1 atom stereocenters. The molecule has 0 saturated carbocycles. The van der Waals surface area contributed by atoms with Crippen LogP contribution in [0.2, 0.25) is 0 Å². The zero-order chi connectivity index (χ0) is 18.3. The quantitative estimate of drug-likeness (QED) is 0.710. The molecule has 0 spiro atoms. The minimum atomic E-state index is 0.0769. The Hall–Kier alpha value is -2.25. The monoisotopic (exact) mass is 369 g/mol. The summed E-state index contributed by atoms with van der Waals surface area (Å²) < 4.78 is 1.93. The number of rotatable bonds is 4. The van der Waals surface area contributed by atoms with Crippen LogP contribution < -0.4 is 0 Å². The zero-order valence-electron chi connectivity index (χ0n) is 15.3. The molecule has 3 aromatic rings. The van der Waals surface area contributed by atoms with Crippen LogP contribution in [0.25, 0.3) is 10.2 Å². The Kier molecular flexibility index (Phi) is 4.50. The lowest BCUT2D eigenvalue weighted by Crippen LogP contribution is -2.23. The maximum atomic E-state index is 12.8. The first-order valence-electron chi connectivity index (χ1n) is 8.83. The topological polar surface area (TPSA) is 54.3 Å². The number of thiophene rings is 1. The number of likely N-dealkylation sites (tertiary alicyclic amines) is 1. The van der Waals surface area contributed by atoms with Crippen LogP contribution in [0.15, 0.2) is 30.6 Å². The lowest BCUT2D eigenvalue weighted by molar-refractivity contribution is 0.0831. The average Bonchev–Trinajstić information content (AvgIpc) is 3.33. The number of hydrogen-bond donors (Lipinski definition) is 0. The van der Waals surface area contributed by atoms with E-state index in [9.17, 15) is 4.79 Å². The fourth-order valence-electron chi connectivity index (χ4n) is 3.72. The van der Waals surface area contributed by atoms with Crippen molar-refractivity contribution in [2.45, 2.75) is 18.9 Å². The fraction of sp³-hybridized carbons (Fsp3) is 0.421. The highest BCUT2D eigenvalue weighted by molar-refractivity contribution is 7.20. The molecule has 4 rings (SSSR count). The third-order valence-electron chi connectivity index (χ3n) is 5.09. The van der Waals surface area contributed by atoms with Gasteiger partial charge in [-0.1, -0.05) is 6.07 Å². The molecule has 6 nitrogen and oxygen atoms in total. The molecular weight excluding hydrogens is 346 g/mol. The van der Waals surface area contributed by atoms with Crippen LogP contribution in [0.3, 0.4) is 0 Å². The van der Waals surface area contributed by atoms with Gasteiger partial charge in [-0.15, -0.1) is 11.3 Å². The maximum absolute atomic E-state index is 12.8. The van der Waals surface area contributed by atoms with Crippen LogP contribution in [0, 0.1) is 0 Å². The van der Waals surface area contributed by atoms with E-state index in [0.717, 1.165) is 41.1 Å². The summed E-state index contributed by atoms with van der Waals surface area (Å²) in [5.41, 5.74) is 2.40. The number of hydrogen-bond acceptors (Lipinski definition) is 5. The Bertz CT molecular complexity index is 944. The molecule has 4 heterocycles. The lowest BCUT2D eigenvalue weighted by atomic mass is 9.95. The summed E-state index contributed by atoms with van der Waals surface area (Å²) in [6.45, 7) is 2.88. The van der Waals surface area contributed by atoms with Gasteiger partial charge in [-0.05, 0) is 30.7 Å². The molecule has 1 saturated heterocycles. The molecule has 0 unspecified atom stereocenters. The van der Waals surface area contributed by atoms with Crippen molar-refractivity contribution in [2.75, 3.05) is 27.2 Å². The summed E-state index contributed by atoms with van der Waals surface area (Å²) in [5, 5.41) is 5.39. The molecule has 26 heavy (non-hydrogen) atoms. The van der Waals surface area contributed by atoms with Gasteiger partial charge in [-0.3, -0.25) is 14.4 Å². The Morgan fingerprint density at radius 2 is 2.19 bits per heavy atom. The second kappa shape index (κ2) is 6.81. The molecule has 1 aliphatic rings. The van der Waals surface area contributed by atoms with Gasteiger partial charge in [0.25, 0.3) is 5.91 Å². The van der Waals surface area contributed by atoms with Crippen molar-refractivity contribution in [2.24, 2.45) is 7.05 Å². The van der Waals surface area contributed by atoms with Crippen molar-refractivity contribution in [1.29, 1.82) is 0 Å². The van der Waals surface area contributed by atoms with Crippen molar-refractivity contribution in [3.8, 4) is 0 Å². The smallest absolute Gasteiger partial charge is 0.263 e. The molecule has 0 N–H and O–H groups in total. The van der Waals surface area contributed by atoms with Crippen LogP contribution >= 0.6 is 11.3 Å². The van der Waals surface area contributed by atoms with Crippen LogP contribution in [-0.4, -0.2) is 57.7 Å². The zero-order valence-corrected chi connectivity index (χ0v) is 16.2. The minimum Gasteiger partial charge on any atom is -0.344 e. The van der Waals surface area contributed by atoms with Gasteiger partial charge in [0, 0.05) is 57.9 Å². The van der Waals surface area contributed by atoms with E-state index in [1.54, 1.807) is 11.1 Å². The van der Waals surface area contributed by atoms with Crippen molar-refractivity contribution in [3.63, 3.8) is 0 Å². The van der Waals surface area contributed by atoms with Gasteiger partial charge in [-0.25, -0.2) is 4.98 Å². The van der Waals surface area contributed by atoms with Gasteiger partial charge >= 0.3 is 0 Å². The second-order valence-corrected chi connectivity index (χ2v) is 8.07. The summed E-state index contributed by atoms with van der Waals surface area (Å²) in [5.74, 6) is 0.438. The maximum Gasteiger partial charge on any atom is 0.263 e. The number of nitrogens with zero attached hydrogens (tertiary/aromatic N) is 5. The molecular formula is C19H23N5OS. The van der Waals surface area contributed by atoms with Gasteiger partial charge in [-0.2, -0.15) is 5.10 Å². The normalized spacial score (nSPS) is 17.9. The predicted octanol–water partition coefficient (Wildman–Crippen LogP) is 2.72. The first-order valence-corrected chi connectivity index (χ1v) is 9.64. The van der Waals surface area contributed by atoms with E-state index >= 15 is 0 Å². The first kappa shape index (κ1) is 17.2. The number of fused-ring (bicyclic) bond motifs is 1. The molecule has 7 heteroatoms. The van der Waals surface area contributed by atoms with E-state index in [4.69, 9.17) is 0 Å². The van der Waals surface area contributed by atoms with Crippen molar-refractivity contribution in [3.05, 3.63) is 46.7 Å². The number of aromatic nitrogens is 3. The van der Waals surface area contributed by atoms with Gasteiger partial charge in [0.15, 0.2) is 0 Å². The number of pyridine rings is 1. The van der Waals surface area contributed by atoms with Crippen molar-refractivity contribution < 1.29 is 4.79 Å². The largest absolute Gasteiger partial charge is 0.344 e. The summed E-state index contributed by atoms with van der Waals surface area (Å²) >= 11 is 1.52.